The van der Waals surface area contributed by atoms with Crippen LogP contribution in [0.15, 0.2) is 22.5 Å². The largest absolute Gasteiger partial charge is 0.610 e. The Bertz CT molecular complexity index is 441. The Morgan fingerprint density at radius 3 is 3.00 bits per heavy atom. The van der Waals surface area contributed by atoms with E-state index in [4.69, 9.17) is 11.6 Å². The lowest BCUT2D eigenvalue weighted by atomic mass is 10.3. The molecule has 0 aliphatic rings. The molecule has 0 bridgehead atoms. The molecule has 13 heavy (non-hydrogen) atoms. The Kier molecular flexibility index (Phi) is 2.47. The summed E-state index contributed by atoms with van der Waals surface area (Å²) in [5, 5.41) is 0.659. The van der Waals surface area contributed by atoms with Gasteiger partial charge in [-0.1, -0.05) is 22.9 Å². The summed E-state index contributed by atoms with van der Waals surface area (Å²) in [5.41, 5.74) is 0.822. The fraction of sp³-hybridized carbons (Fsp3) is 0.125. The molecule has 1 unspecified atom stereocenters. The van der Waals surface area contributed by atoms with Crippen LogP contribution in [0.3, 0.4) is 0 Å². The van der Waals surface area contributed by atoms with Crippen molar-refractivity contribution in [2.75, 3.05) is 6.26 Å². The molecular weight excluding hydrogens is 226 g/mol. The van der Waals surface area contributed by atoms with E-state index in [0.29, 0.717) is 9.36 Å². The van der Waals surface area contributed by atoms with Gasteiger partial charge in [0.05, 0.1) is 10.2 Å². The van der Waals surface area contributed by atoms with E-state index in [2.05, 4.69) is 4.98 Å². The van der Waals surface area contributed by atoms with Crippen LogP contribution in [0.25, 0.3) is 10.2 Å². The van der Waals surface area contributed by atoms with Gasteiger partial charge >= 0.3 is 4.34 Å². The minimum atomic E-state index is -1.00. The second-order valence-electron chi connectivity index (χ2n) is 2.55. The fourth-order valence-corrected chi connectivity index (χ4v) is 2.81. The number of halogens is 1. The molecule has 0 amide bonds. The highest BCUT2D eigenvalue weighted by Gasteiger charge is 2.11. The molecular formula is C8H6ClNOS2. The van der Waals surface area contributed by atoms with E-state index in [1.54, 1.807) is 12.3 Å². The summed E-state index contributed by atoms with van der Waals surface area (Å²) in [6.07, 6.45) is 1.62. The first kappa shape index (κ1) is 9.27. The quantitative estimate of drug-likeness (QED) is 0.708. The number of fused-ring (bicyclic) bond motifs is 1. The van der Waals surface area contributed by atoms with Crippen molar-refractivity contribution >= 4 is 44.3 Å². The van der Waals surface area contributed by atoms with Gasteiger partial charge in [-0.3, -0.25) is 0 Å². The molecule has 0 radical (unpaired) electrons. The first-order chi connectivity index (χ1) is 6.16. The third-order valence-electron chi connectivity index (χ3n) is 1.58. The smallest absolute Gasteiger partial charge is 0.302 e. The Morgan fingerprint density at radius 2 is 2.31 bits per heavy atom. The van der Waals surface area contributed by atoms with E-state index in [9.17, 15) is 4.55 Å². The number of benzene rings is 1. The van der Waals surface area contributed by atoms with Gasteiger partial charge in [0.1, 0.15) is 6.26 Å². The van der Waals surface area contributed by atoms with E-state index >= 15 is 0 Å². The number of thiazole rings is 1. The number of rotatable bonds is 1. The molecule has 68 valence electrons. The van der Waals surface area contributed by atoms with Crippen LogP contribution < -0.4 is 0 Å². The van der Waals surface area contributed by atoms with Crippen LogP contribution in [-0.2, 0) is 11.2 Å². The second-order valence-corrected chi connectivity index (χ2v) is 5.57. The molecule has 2 rings (SSSR count). The van der Waals surface area contributed by atoms with Crippen LogP contribution in [-0.4, -0.2) is 15.8 Å². The Labute approximate surface area is 87.7 Å². The summed E-state index contributed by atoms with van der Waals surface area (Å²) >= 11 is 6.24. The Hall–Kier alpha value is -0.290. The molecule has 1 aromatic carbocycles. The molecule has 1 atom stereocenters. The lowest BCUT2D eigenvalue weighted by molar-refractivity contribution is 0.600. The molecule has 0 aliphatic heterocycles. The maximum absolute atomic E-state index is 11.1. The Balaban J connectivity index is 2.62. The van der Waals surface area contributed by atoms with Crippen molar-refractivity contribution < 1.29 is 4.55 Å². The molecule has 0 spiro atoms. The number of nitrogens with zero attached hydrogens (tertiary/aromatic N) is 1. The van der Waals surface area contributed by atoms with Crippen molar-refractivity contribution in [1.82, 2.24) is 4.98 Å². The van der Waals surface area contributed by atoms with E-state index in [1.807, 2.05) is 12.1 Å². The highest BCUT2D eigenvalue weighted by atomic mass is 35.5. The van der Waals surface area contributed by atoms with Gasteiger partial charge in [-0.05, 0) is 18.2 Å². The van der Waals surface area contributed by atoms with E-state index in [-0.39, 0.29) is 0 Å². The third kappa shape index (κ3) is 1.81. The van der Waals surface area contributed by atoms with Gasteiger partial charge in [-0.25, -0.2) is 0 Å². The molecule has 0 saturated heterocycles. The van der Waals surface area contributed by atoms with Gasteiger partial charge in [0.25, 0.3) is 0 Å². The SMILES string of the molecule is C[S+]([O-])c1nc2cc(Cl)ccc2s1. The maximum Gasteiger partial charge on any atom is 0.302 e. The van der Waals surface area contributed by atoms with Gasteiger partial charge in [0.15, 0.2) is 0 Å². The van der Waals surface area contributed by atoms with Crippen LogP contribution in [0.4, 0.5) is 0 Å². The van der Waals surface area contributed by atoms with Crippen molar-refractivity contribution in [2.24, 2.45) is 0 Å². The van der Waals surface area contributed by atoms with Crippen molar-refractivity contribution in [3.05, 3.63) is 23.2 Å². The fourth-order valence-electron chi connectivity index (χ4n) is 1.00. The van der Waals surface area contributed by atoms with Crippen LogP contribution in [0.2, 0.25) is 5.02 Å². The van der Waals surface area contributed by atoms with Gasteiger partial charge in [-0.2, -0.15) is 4.98 Å². The summed E-state index contributed by atoms with van der Waals surface area (Å²) in [4.78, 5) is 4.21. The zero-order chi connectivity index (χ0) is 9.42. The molecule has 0 aliphatic carbocycles. The molecule has 1 heterocycles. The first-order valence-corrected chi connectivity index (χ1v) is 6.31. The number of hydrogen-bond acceptors (Lipinski definition) is 3. The zero-order valence-electron chi connectivity index (χ0n) is 6.78. The maximum atomic E-state index is 11.1. The zero-order valence-corrected chi connectivity index (χ0v) is 9.17. The number of aromatic nitrogens is 1. The lowest BCUT2D eigenvalue weighted by Crippen LogP contribution is -1.94. The average Bonchev–Trinajstić information content (AvgIpc) is 2.46. The molecule has 1 aromatic heterocycles. The van der Waals surface area contributed by atoms with E-state index in [1.165, 1.54) is 11.3 Å². The van der Waals surface area contributed by atoms with Crippen molar-refractivity contribution in [3.8, 4) is 0 Å². The second kappa shape index (κ2) is 3.46. The highest BCUT2D eigenvalue weighted by Crippen LogP contribution is 2.27. The predicted molar refractivity (Wildman–Crippen MR) is 57.0 cm³/mol. The van der Waals surface area contributed by atoms with Crippen LogP contribution in [0, 0.1) is 0 Å². The first-order valence-electron chi connectivity index (χ1n) is 3.56. The van der Waals surface area contributed by atoms with Gasteiger partial charge in [0.2, 0.25) is 0 Å². The van der Waals surface area contributed by atoms with Gasteiger partial charge in [-0.15, -0.1) is 0 Å². The van der Waals surface area contributed by atoms with Crippen LogP contribution in [0.1, 0.15) is 0 Å². The summed E-state index contributed by atoms with van der Waals surface area (Å²) in [5.74, 6) is 0. The Morgan fingerprint density at radius 1 is 1.54 bits per heavy atom. The van der Waals surface area contributed by atoms with Crippen molar-refractivity contribution in [3.63, 3.8) is 0 Å². The summed E-state index contributed by atoms with van der Waals surface area (Å²) in [6.45, 7) is 0. The predicted octanol–water partition coefficient (Wildman–Crippen LogP) is 2.69. The monoisotopic (exact) mass is 231 g/mol. The summed E-state index contributed by atoms with van der Waals surface area (Å²) in [6, 6.07) is 5.49. The standard InChI is InChI=1S/C8H6ClNOS2/c1-13(11)8-10-6-4-5(9)2-3-7(6)12-8/h2-4H,1H3. The highest BCUT2D eigenvalue weighted by molar-refractivity contribution is 7.92. The van der Waals surface area contributed by atoms with Gasteiger partial charge in [0, 0.05) is 16.2 Å². The number of hydrogen-bond donors (Lipinski definition) is 0. The molecule has 0 N–H and O–H groups in total. The summed E-state index contributed by atoms with van der Waals surface area (Å²) in [7, 11) is 0. The average molecular weight is 232 g/mol. The topological polar surface area (TPSA) is 36.0 Å². The van der Waals surface area contributed by atoms with Crippen LogP contribution in [0.5, 0.6) is 0 Å². The molecule has 2 aromatic rings. The molecule has 2 nitrogen and oxygen atoms in total. The van der Waals surface area contributed by atoms with E-state index < -0.39 is 11.2 Å². The molecule has 0 saturated carbocycles. The minimum Gasteiger partial charge on any atom is -0.610 e. The van der Waals surface area contributed by atoms with Crippen molar-refractivity contribution in [1.29, 1.82) is 0 Å². The van der Waals surface area contributed by atoms with Crippen LogP contribution >= 0.6 is 22.9 Å². The van der Waals surface area contributed by atoms with Crippen molar-refractivity contribution in [2.45, 2.75) is 4.34 Å². The normalized spacial score (nSPS) is 13.5. The molecule has 5 heteroatoms. The third-order valence-corrected chi connectivity index (χ3v) is 4.18. The lowest BCUT2D eigenvalue weighted by Gasteiger charge is -1.95. The minimum absolute atomic E-state index is 0.650. The van der Waals surface area contributed by atoms with E-state index in [0.717, 1.165) is 10.2 Å². The summed E-state index contributed by atoms with van der Waals surface area (Å²) < 4.78 is 12.8. The van der Waals surface area contributed by atoms with Gasteiger partial charge < -0.3 is 4.55 Å². The molecule has 0 fully saturated rings.